The predicted molar refractivity (Wildman–Crippen MR) is 107 cm³/mol. The second-order valence-corrected chi connectivity index (χ2v) is 8.07. The van der Waals surface area contributed by atoms with Crippen LogP contribution in [0.3, 0.4) is 0 Å². The fourth-order valence-corrected chi connectivity index (χ4v) is 3.80. The summed E-state index contributed by atoms with van der Waals surface area (Å²) in [6.07, 6.45) is -2.60. The maximum atomic E-state index is 13.8. The molecule has 166 valence electrons. The summed E-state index contributed by atoms with van der Waals surface area (Å²) in [6.45, 7) is 1.64. The van der Waals surface area contributed by atoms with Crippen LogP contribution in [0, 0.1) is 12.7 Å². The number of halogens is 4. The summed E-state index contributed by atoms with van der Waals surface area (Å²) in [5, 5.41) is 5.47. The van der Waals surface area contributed by atoms with Crippen molar-refractivity contribution < 1.29 is 27.2 Å². The largest absolute Gasteiger partial charge is 0.416 e. The number of hydrogen-bond acceptors (Lipinski definition) is 2. The van der Waals surface area contributed by atoms with Crippen molar-refractivity contribution in [1.29, 1.82) is 0 Å². The second-order valence-electron chi connectivity index (χ2n) is 8.07. The van der Waals surface area contributed by atoms with Crippen molar-refractivity contribution in [2.24, 2.45) is 0 Å². The number of carbonyl (C=O) groups excluding carboxylic acids is 2. The minimum Gasteiger partial charge on any atom is -0.352 e. The molecule has 1 unspecified atom stereocenters. The van der Waals surface area contributed by atoms with Crippen LogP contribution >= 0.6 is 0 Å². The van der Waals surface area contributed by atoms with E-state index in [1.807, 2.05) is 31.2 Å². The van der Waals surface area contributed by atoms with Crippen molar-refractivity contribution in [3.8, 4) is 0 Å². The van der Waals surface area contributed by atoms with Gasteiger partial charge in [0.25, 0.3) is 0 Å². The molecule has 4 nitrogen and oxygen atoms in total. The minimum atomic E-state index is -4.59. The molecule has 2 aromatic rings. The molecule has 3 rings (SSSR count). The van der Waals surface area contributed by atoms with Crippen LogP contribution in [0.4, 0.5) is 17.6 Å². The lowest BCUT2D eigenvalue weighted by atomic mass is 9.84. The summed E-state index contributed by atoms with van der Waals surface area (Å²) in [5.74, 6) is -1.30. The molecule has 0 radical (unpaired) electrons. The zero-order chi connectivity index (χ0) is 22.6. The smallest absolute Gasteiger partial charge is 0.352 e. The Morgan fingerprint density at radius 2 is 1.87 bits per heavy atom. The Labute approximate surface area is 178 Å². The van der Waals surface area contributed by atoms with Gasteiger partial charge in [-0.3, -0.25) is 9.59 Å². The SMILES string of the molecule is Cc1ccc(CC2(CCC(=O)NCc3cc(C(F)(F)F)ccc3F)CCC(=O)N2)cc1. The Morgan fingerprint density at radius 1 is 1.16 bits per heavy atom. The highest BCUT2D eigenvalue weighted by Gasteiger charge is 2.38. The van der Waals surface area contributed by atoms with Crippen molar-refractivity contribution in [3.63, 3.8) is 0 Å². The van der Waals surface area contributed by atoms with Gasteiger partial charge in [0.1, 0.15) is 5.82 Å². The highest BCUT2D eigenvalue weighted by atomic mass is 19.4. The van der Waals surface area contributed by atoms with E-state index in [1.165, 1.54) is 0 Å². The van der Waals surface area contributed by atoms with Gasteiger partial charge in [0.15, 0.2) is 0 Å². The topological polar surface area (TPSA) is 58.2 Å². The molecule has 1 atom stereocenters. The monoisotopic (exact) mass is 436 g/mol. The van der Waals surface area contributed by atoms with E-state index in [-0.39, 0.29) is 24.4 Å². The summed E-state index contributed by atoms with van der Waals surface area (Å²) >= 11 is 0. The van der Waals surface area contributed by atoms with E-state index in [0.717, 1.165) is 17.2 Å². The lowest BCUT2D eigenvalue weighted by Crippen LogP contribution is -2.44. The standard InChI is InChI=1S/C23H24F4N2O2/c1-15-2-4-16(5-3-15)13-22(11-9-21(31)29-22)10-8-20(30)28-14-17-12-18(23(25,26)27)6-7-19(17)24/h2-7,12H,8-11,13-14H2,1H3,(H,28,30)(H,29,31). The number of aryl methyl sites for hydroxylation is 1. The third-order valence-corrected chi connectivity index (χ3v) is 5.58. The van der Waals surface area contributed by atoms with Crippen molar-refractivity contribution >= 4 is 11.8 Å². The lowest BCUT2D eigenvalue weighted by molar-refractivity contribution is -0.137. The van der Waals surface area contributed by atoms with Crippen LogP contribution < -0.4 is 10.6 Å². The molecule has 31 heavy (non-hydrogen) atoms. The first-order valence-electron chi connectivity index (χ1n) is 10.1. The zero-order valence-corrected chi connectivity index (χ0v) is 17.1. The van der Waals surface area contributed by atoms with E-state index in [4.69, 9.17) is 0 Å². The van der Waals surface area contributed by atoms with Gasteiger partial charge in [-0.05, 0) is 49.9 Å². The van der Waals surface area contributed by atoms with Crippen molar-refractivity contribution in [2.75, 3.05) is 0 Å². The van der Waals surface area contributed by atoms with E-state index in [2.05, 4.69) is 10.6 Å². The first-order chi connectivity index (χ1) is 14.6. The quantitative estimate of drug-likeness (QED) is 0.631. The Balaban J connectivity index is 1.60. The Kier molecular flexibility index (Phi) is 6.67. The van der Waals surface area contributed by atoms with Gasteiger partial charge < -0.3 is 10.6 Å². The molecule has 1 aliphatic rings. The van der Waals surface area contributed by atoms with Crippen molar-refractivity contribution in [3.05, 3.63) is 70.5 Å². The summed E-state index contributed by atoms with van der Waals surface area (Å²) in [4.78, 5) is 24.2. The molecule has 1 saturated heterocycles. The second kappa shape index (κ2) is 9.08. The van der Waals surface area contributed by atoms with Gasteiger partial charge in [-0.1, -0.05) is 29.8 Å². The van der Waals surface area contributed by atoms with Gasteiger partial charge in [0, 0.05) is 30.5 Å². The highest BCUT2D eigenvalue weighted by Crippen LogP contribution is 2.31. The molecule has 0 aromatic heterocycles. The fraction of sp³-hybridized carbons (Fsp3) is 0.391. The predicted octanol–water partition coefficient (Wildman–Crippen LogP) is 4.44. The Morgan fingerprint density at radius 3 is 2.48 bits per heavy atom. The number of amides is 2. The van der Waals surface area contributed by atoms with Gasteiger partial charge in [-0.25, -0.2) is 4.39 Å². The van der Waals surface area contributed by atoms with Gasteiger partial charge >= 0.3 is 6.18 Å². The van der Waals surface area contributed by atoms with Gasteiger partial charge in [-0.2, -0.15) is 13.2 Å². The number of nitrogens with one attached hydrogen (secondary N) is 2. The van der Waals surface area contributed by atoms with Crippen LogP contribution in [0.2, 0.25) is 0 Å². The first kappa shape index (κ1) is 22.8. The molecule has 8 heteroatoms. The Bertz CT molecular complexity index is 957. The number of alkyl halides is 3. The molecule has 2 amide bonds. The Hall–Kier alpha value is -2.90. The number of benzene rings is 2. The summed E-state index contributed by atoms with van der Waals surface area (Å²) in [5.41, 5.74) is 0.412. The molecule has 1 heterocycles. The molecular formula is C23H24F4N2O2. The van der Waals surface area contributed by atoms with E-state index in [9.17, 15) is 27.2 Å². The molecule has 2 N–H and O–H groups in total. The minimum absolute atomic E-state index is 0.0622. The number of rotatable bonds is 7. The molecule has 0 bridgehead atoms. The van der Waals surface area contributed by atoms with Crippen LogP contribution in [-0.2, 0) is 28.7 Å². The third kappa shape index (κ3) is 6.06. The summed E-state index contributed by atoms with van der Waals surface area (Å²) in [7, 11) is 0. The maximum Gasteiger partial charge on any atom is 0.416 e. The van der Waals surface area contributed by atoms with Crippen LogP contribution in [0.25, 0.3) is 0 Å². The highest BCUT2D eigenvalue weighted by molar-refractivity contribution is 5.80. The lowest BCUT2D eigenvalue weighted by Gasteiger charge is -2.29. The van der Waals surface area contributed by atoms with Crippen molar-refractivity contribution in [1.82, 2.24) is 10.6 Å². The summed E-state index contributed by atoms with van der Waals surface area (Å²) in [6, 6.07) is 10.0. The van der Waals surface area contributed by atoms with Crippen molar-refractivity contribution in [2.45, 2.75) is 57.3 Å². The van der Waals surface area contributed by atoms with Gasteiger partial charge in [0.2, 0.25) is 11.8 Å². The average Bonchev–Trinajstić information content (AvgIpc) is 3.07. The van der Waals surface area contributed by atoms with E-state index >= 15 is 0 Å². The van der Waals surface area contributed by atoms with E-state index in [1.54, 1.807) is 0 Å². The van der Waals surface area contributed by atoms with Crippen LogP contribution in [0.1, 0.15) is 47.9 Å². The van der Waals surface area contributed by atoms with E-state index in [0.29, 0.717) is 37.8 Å². The molecule has 0 aliphatic carbocycles. The zero-order valence-electron chi connectivity index (χ0n) is 17.1. The van der Waals surface area contributed by atoms with Crippen LogP contribution in [0.15, 0.2) is 42.5 Å². The van der Waals surface area contributed by atoms with Crippen LogP contribution in [-0.4, -0.2) is 17.4 Å². The first-order valence-corrected chi connectivity index (χ1v) is 10.1. The van der Waals surface area contributed by atoms with Gasteiger partial charge in [0.05, 0.1) is 5.56 Å². The number of carbonyl (C=O) groups is 2. The third-order valence-electron chi connectivity index (χ3n) is 5.58. The molecular weight excluding hydrogens is 412 g/mol. The number of hydrogen-bond donors (Lipinski definition) is 2. The summed E-state index contributed by atoms with van der Waals surface area (Å²) < 4.78 is 52.3. The average molecular weight is 436 g/mol. The van der Waals surface area contributed by atoms with E-state index < -0.39 is 29.0 Å². The molecule has 2 aromatic carbocycles. The van der Waals surface area contributed by atoms with Crippen LogP contribution in [0.5, 0.6) is 0 Å². The molecule has 0 spiro atoms. The fourth-order valence-electron chi connectivity index (χ4n) is 3.80. The maximum absolute atomic E-state index is 13.8. The molecule has 1 aliphatic heterocycles. The van der Waals surface area contributed by atoms with Gasteiger partial charge in [-0.15, -0.1) is 0 Å². The molecule has 1 fully saturated rings. The molecule has 0 saturated carbocycles. The normalized spacial score (nSPS) is 18.7.